The van der Waals surface area contributed by atoms with Crippen LogP contribution in [0.25, 0.3) is 0 Å². The molecular weight excluding hydrogens is 312 g/mol. The van der Waals surface area contributed by atoms with Crippen molar-refractivity contribution < 1.29 is 14.6 Å². The van der Waals surface area contributed by atoms with E-state index in [0.717, 1.165) is 24.2 Å². The Labute approximate surface area is 151 Å². The molecule has 1 spiro atoms. The lowest BCUT2D eigenvalue weighted by Gasteiger charge is -2.60. The number of hydrogen-bond acceptors (Lipinski definition) is 2. The van der Waals surface area contributed by atoms with Crippen molar-refractivity contribution in [3.8, 4) is 0 Å². The number of carboxylic acid groups (broad SMARTS) is 1. The molecule has 1 N–H and O–H groups in total. The van der Waals surface area contributed by atoms with Gasteiger partial charge in [0.2, 0.25) is 0 Å². The molecule has 1 unspecified atom stereocenters. The van der Waals surface area contributed by atoms with Gasteiger partial charge in [-0.3, -0.25) is 0 Å². The van der Waals surface area contributed by atoms with Gasteiger partial charge in [0.15, 0.2) is 5.60 Å². The Hall–Kier alpha value is -0.570. The molecule has 5 rings (SSSR count). The summed E-state index contributed by atoms with van der Waals surface area (Å²) in [6.45, 7) is 6.81. The second kappa shape index (κ2) is 4.82. The molecular formula is C22H34O3. The van der Waals surface area contributed by atoms with E-state index < -0.39 is 11.6 Å². The van der Waals surface area contributed by atoms with E-state index >= 15 is 0 Å². The summed E-state index contributed by atoms with van der Waals surface area (Å²) in [6.07, 6.45) is 13.1. The summed E-state index contributed by atoms with van der Waals surface area (Å²) in [7, 11) is 0. The molecule has 3 nitrogen and oxygen atoms in total. The van der Waals surface area contributed by atoms with Gasteiger partial charge in [-0.1, -0.05) is 26.7 Å². The van der Waals surface area contributed by atoms with Gasteiger partial charge >= 0.3 is 5.97 Å². The van der Waals surface area contributed by atoms with Crippen molar-refractivity contribution in [3.05, 3.63) is 0 Å². The van der Waals surface area contributed by atoms with Crippen LogP contribution in [0.1, 0.15) is 85.0 Å². The summed E-state index contributed by atoms with van der Waals surface area (Å²) in [5, 5.41) is 9.75. The van der Waals surface area contributed by atoms with E-state index in [1.807, 2.05) is 6.92 Å². The lowest BCUT2D eigenvalue weighted by molar-refractivity contribution is -0.143. The number of carbonyl (C=O) groups is 1. The van der Waals surface area contributed by atoms with Gasteiger partial charge in [-0.25, -0.2) is 4.79 Å². The lowest BCUT2D eigenvalue weighted by Crippen LogP contribution is -2.55. The van der Waals surface area contributed by atoms with Crippen molar-refractivity contribution in [1.29, 1.82) is 0 Å². The van der Waals surface area contributed by atoms with Crippen LogP contribution in [-0.2, 0) is 9.53 Å². The summed E-state index contributed by atoms with van der Waals surface area (Å²) < 4.78 is 6.10. The third kappa shape index (κ3) is 1.75. The fourth-order valence-electron chi connectivity index (χ4n) is 8.78. The molecule has 5 fully saturated rings. The molecule has 0 radical (unpaired) electrons. The second-order valence-corrected chi connectivity index (χ2v) is 10.7. The van der Waals surface area contributed by atoms with E-state index in [4.69, 9.17) is 4.74 Å². The first kappa shape index (κ1) is 16.6. The monoisotopic (exact) mass is 346 g/mol. The topological polar surface area (TPSA) is 49.8 Å². The Bertz CT molecular complexity index is 616. The molecule has 8 atom stereocenters. The smallest absolute Gasteiger partial charge is 0.338 e. The summed E-state index contributed by atoms with van der Waals surface area (Å²) in [5.74, 6) is 2.55. The van der Waals surface area contributed by atoms with E-state index in [-0.39, 0.29) is 11.0 Å². The Kier molecular flexibility index (Phi) is 3.20. The molecule has 1 aliphatic heterocycles. The molecule has 1 saturated heterocycles. The van der Waals surface area contributed by atoms with Crippen LogP contribution in [0.3, 0.4) is 0 Å². The van der Waals surface area contributed by atoms with E-state index in [2.05, 4.69) is 13.8 Å². The number of hydrogen-bond donors (Lipinski definition) is 1. The largest absolute Gasteiger partial charge is 0.479 e. The predicted molar refractivity (Wildman–Crippen MR) is 96.2 cm³/mol. The molecule has 3 heteroatoms. The normalized spacial score (nSPS) is 59.8. The highest BCUT2D eigenvalue weighted by Crippen LogP contribution is 2.75. The molecule has 25 heavy (non-hydrogen) atoms. The van der Waals surface area contributed by atoms with Crippen molar-refractivity contribution in [3.63, 3.8) is 0 Å². The third-order valence-corrected chi connectivity index (χ3v) is 10.2. The maximum absolute atomic E-state index is 11.9. The number of fused-ring (bicyclic) bond motifs is 6. The first-order valence-electron chi connectivity index (χ1n) is 10.7. The van der Waals surface area contributed by atoms with Gasteiger partial charge in [-0.15, -0.1) is 0 Å². The van der Waals surface area contributed by atoms with Crippen molar-refractivity contribution in [2.24, 2.45) is 34.5 Å². The van der Waals surface area contributed by atoms with Gasteiger partial charge < -0.3 is 9.84 Å². The standard InChI is InChI=1S/C22H34O3/c1-19-11-5-4-6-14(19)7-8-15-16(19)9-12-20(2)17(15)10-13-22(20)21(3,25-22)18(23)24/h14-17H,4-13H2,1-3H3,(H,23,24)/t14?,15-,16+,17+,19+,20+,21+,22-/m1/s1. The van der Waals surface area contributed by atoms with E-state index in [0.29, 0.717) is 11.3 Å². The lowest BCUT2D eigenvalue weighted by atomic mass is 9.44. The highest BCUT2D eigenvalue weighted by molar-refractivity contribution is 5.83. The maximum Gasteiger partial charge on any atom is 0.338 e. The molecule has 5 aliphatic rings. The summed E-state index contributed by atoms with van der Waals surface area (Å²) in [6, 6.07) is 0. The zero-order valence-electron chi connectivity index (χ0n) is 16.1. The van der Waals surface area contributed by atoms with E-state index in [1.54, 1.807) is 0 Å². The molecule has 0 aromatic rings. The van der Waals surface area contributed by atoms with Gasteiger partial charge in [-0.05, 0) is 87.4 Å². The van der Waals surface area contributed by atoms with Gasteiger partial charge in [0.25, 0.3) is 0 Å². The minimum absolute atomic E-state index is 0.0686. The molecule has 0 amide bonds. The molecule has 4 aliphatic carbocycles. The summed E-state index contributed by atoms with van der Waals surface area (Å²) in [4.78, 5) is 11.9. The fraction of sp³-hybridized carbons (Fsp3) is 0.955. The van der Waals surface area contributed by atoms with Gasteiger partial charge in [-0.2, -0.15) is 0 Å². The van der Waals surface area contributed by atoms with Crippen LogP contribution < -0.4 is 0 Å². The van der Waals surface area contributed by atoms with Crippen LogP contribution >= 0.6 is 0 Å². The van der Waals surface area contributed by atoms with Crippen LogP contribution in [0.4, 0.5) is 0 Å². The zero-order chi connectivity index (χ0) is 17.7. The highest BCUT2D eigenvalue weighted by Gasteiger charge is 2.83. The Morgan fingerprint density at radius 2 is 1.68 bits per heavy atom. The SMILES string of the molecule is C[C@]12CCCCC1CC[C@@H]1[C@@H]2CC[C@@]2(C)[C@H]1CC[C@@]21O[C@@]1(C)C(=O)O. The molecule has 0 aromatic carbocycles. The Morgan fingerprint density at radius 3 is 2.40 bits per heavy atom. The van der Waals surface area contributed by atoms with Crippen LogP contribution in [0, 0.1) is 34.5 Å². The third-order valence-electron chi connectivity index (χ3n) is 10.2. The Balaban J connectivity index is 1.47. The van der Waals surface area contributed by atoms with E-state index in [9.17, 15) is 9.90 Å². The van der Waals surface area contributed by atoms with Crippen molar-refractivity contribution >= 4 is 5.97 Å². The molecule has 0 aromatic heterocycles. The summed E-state index contributed by atoms with van der Waals surface area (Å²) >= 11 is 0. The van der Waals surface area contributed by atoms with Crippen LogP contribution in [0.2, 0.25) is 0 Å². The fourth-order valence-corrected chi connectivity index (χ4v) is 8.78. The Morgan fingerprint density at radius 1 is 0.920 bits per heavy atom. The maximum atomic E-state index is 11.9. The molecule has 1 heterocycles. The van der Waals surface area contributed by atoms with Crippen LogP contribution in [0.5, 0.6) is 0 Å². The molecule has 140 valence electrons. The number of rotatable bonds is 1. The van der Waals surface area contributed by atoms with Crippen molar-refractivity contribution in [2.75, 3.05) is 0 Å². The molecule has 4 saturated carbocycles. The van der Waals surface area contributed by atoms with Crippen LogP contribution in [0.15, 0.2) is 0 Å². The van der Waals surface area contributed by atoms with E-state index in [1.165, 1.54) is 57.8 Å². The minimum atomic E-state index is -0.935. The highest BCUT2D eigenvalue weighted by atomic mass is 16.7. The average Bonchev–Trinajstić information content (AvgIpc) is 3.10. The van der Waals surface area contributed by atoms with Gasteiger partial charge in [0, 0.05) is 5.41 Å². The molecule has 0 bridgehead atoms. The van der Waals surface area contributed by atoms with Crippen molar-refractivity contribution in [1.82, 2.24) is 0 Å². The summed E-state index contributed by atoms with van der Waals surface area (Å²) in [5.41, 5.74) is -0.695. The van der Waals surface area contributed by atoms with Gasteiger partial charge in [0.1, 0.15) is 5.60 Å². The average molecular weight is 347 g/mol. The predicted octanol–water partition coefficient (Wildman–Crippen LogP) is 5.03. The number of aliphatic carboxylic acids is 1. The quantitative estimate of drug-likeness (QED) is 0.677. The number of carboxylic acids is 1. The number of ether oxygens (including phenoxy) is 1. The second-order valence-electron chi connectivity index (χ2n) is 10.7. The number of epoxide rings is 1. The first-order chi connectivity index (χ1) is 11.8. The zero-order valence-corrected chi connectivity index (χ0v) is 16.1. The van der Waals surface area contributed by atoms with Crippen LogP contribution in [-0.4, -0.2) is 22.3 Å². The first-order valence-corrected chi connectivity index (χ1v) is 10.7. The van der Waals surface area contributed by atoms with Crippen molar-refractivity contribution in [2.45, 2.75) is 96.2 Å². The van der Waals surface area contributed by atoms with Gasteiger partial charge in [0.05, 0.1) is 0 Å². The minimum Gasteiger partial charge on any atom is -0.479 e.